The largest absolute Gasteiger partial charge is 0.477 e. The molecule has 45 heavy (non-hydrogen) atoms. The summed E-state index contributed by atoms with van der Waals surface area (Å²) in [6, 6.07) is 11.6. The Hall–Kier alpha value is -2.47. The maximum Gasteiger partial charge on any atom is 0.354 e. The van der Waals surface area contributed by atoms with Crippen LogP contribution in [-0.4, -0.2) is 109 Å². The Labute approximate surface area is 271 Å². The molecule has 3 rings (SSSR count). The molecule has 0 aliphatic carbocycles. The fourth-order valence-corrected chi connectivity index (χ4v) is 5.48. The third-order valence-electron chi connectivity index (χ3n) is 7.78. The summed E-state index contributed by atoms with van der Waals surface area (Å²) in [5.41, 5.74) is 2.89. The van der Waals surface area contributed by atoms with E-state index >= 15 is 0 Å². The summed E-state index contributed by atoms with van der Waals surface area (Å²) in [6.45, 7) is 19.3. The molecular weight excluding hydrogens is 572 g/mol. The minimum atomic E-state index is -1.03. The molecule has 1 aliphatic rings. The smallest absolute Gasteiger partial charge is 0.354 e. The minimum absolute atomic E-state index is 0.00518. The second kappa shape index (κ2) is 22.9. The van der Waals surface area contributed by atoms with Crippen LogP contribution in [0.15, 0.2) is 36.4 Å². The van der Waals surface area contributed by atoms with Gasteiger partial charge in [-0.05, 0) is 50.5 Å². The maximum atomic E-state index is 11.4. The monoisotopic (exact) mass is 630 g/mol. The summed E-state index contributed by atoms with van der Waals surface area (Å²) >= 11 is 0. The Kier molecular flexibility index (Phi) is 19.7. The topological polar surface area (TPSA) is 106 Å². The van der Waals surface area contributed by atoms with E-state index in [1.807, 2.05) is 32.9 Å². The summed E-state index contributed by atoms with van der Waals surface area (Å²) in [5.74, 6) is -1.03. The zero-order valence-electron chi connectivity index (χ0n) is 28.6. The van der Waals surface area contributed by atoms with Gasteiger partial charge >= 0.3 is 5.97 Å². The van der Waals surface area contributed by atoms with Gasteiger partial charge in [-0.25, -0.2) is 9.78 Å². The van der Waals surface area contributed by atoms with E-state index in [9.17, 15) is 9.90 Å². The van der Waals surface area contributed by atoms with Crippen LogP contribution >= 0.6 is 0 Å². The van der Waals surface area contributed by atoms with Crippen molar-refractivity contribution in [1.82, 2.24) is 19.8 Å². The van der Waals surface area contributed by atoms with Crippen LogP contribution in [0.25, 0.3) is 0 Å². The Balaban J connectivity index is 0.00000345. The molecule has 1 saturated heterocycles. The maximum absolute atomic E-state index is 11.4. The molecule has 2 aromatic heterocycles. The van der Waals surface area contributed by atoms with Gasteiger partial charge in [-0.3, -0.25) is 14.8 Å². The van der Waals surface area contributed by atoms with E-state index in [0.29, 0.717) is 65.0 Å². The molecule has 0 radical (unpaired) electrons. The van der Waals surface area contributed by atoms with Gasteiger partial charge in [0.1, 0.15) is 5.69 Å². The normalized spacial score (nSPS) is 21.1. The molecule has 3 heterocycles. The summed E-state index contributed by atoms with van der Waals surface area (Å²) in [6.07, 6.45) is 3.78. The van der Waals surface area contributed by atoms with Crippen molar-refractivity contribution in [3.8, 4) is 0 Å². The van der Waals surface area contributed by atoms with Crippen molar-refractivity contribution >= 4 is 5.97 Å². The third kappa shape index (κ3) is 14.2. The lowest BCUT2D eigenvalue weighted by Crippen LogP contribution is -2.39. The molecule has 10 heteroatoms. The molecule has 2 aromatic rings. The molecule has 0 spiro atoms. The van der Waals surface area contributed by atoms with Gasteiger partial charge in [0, 0.05) is 38.4 Å². The van der Waals surface area contributed by atoms with Crippen LogP contribution in [0.2, 0.25) is 0 Å². The van der Waals surface area contributed by atoms with Crippen LogP contribution in [0.5, 0.6) is 0 Å². The molecule has 0 saturated carbocycles. The van der Waals surface area contributed by atoms with Crippen molar-refractivity contribution in [2.75, 3.05) is 65.8 Å². The van der Waals surface area contributed by atoms with Gasteiger partial charge in [-0.15, -0.1) is 0 Å². The van der Waals surface area contributed by atoms with E-state index in [2.05, 4.69) is 47.7 Å². The number of carboxylic acid groups (broad SMARTS) is 1. The quantitative estimate of drug-likeness (QED) is 0.366. The number of rotatable bonds is 9. The number of aryl methyl sites for hydroxylation is 1. The van der Waals surface area contributed by atoms with Crippen LogP contribution in [0.4, 0.5) is 0 Å². The molecule has 3 unspecified atom stereocenters. The summed E-state index contributed by atoms with van der Waals surface area (Å²) in [4.78, 5) is 25.2. The molecule has 3 atom stereocenters. The van der Waals surface area contributed by atoms with Crippen molar-refractivity contribution in [3.63, 3.8) is 0 Å². The zero-order valence-corrected chi connectivity index (χ0v) is 28.6. The predicted molar refractivity (Wildman–Crippen MR) is 178 cm³/mol. The van der Waals surface area contributed by atoms with Gasteiger partial charge in [-0.1, -0.05) is 53.2 Å². The number of carbonyl (C=O) groups is 1. The van der Waals surface area contributed by atoms with E-state index in [1.54, 1.807) is 6.07 Å². The van der Waals surface area contributed by atoms with E-state index in [0.717, 1.165) is 50.2 Å². The summed E-state index contributed by atoms with van der Waals surface area (Å²) < 4.78 is 24.8. The van der Waals surface area contributed by atoms with E-state index < -0.39 is 5.97 Å². The van der Waals surface area contributed by atoms with E-state index in [4.69, 9.17) is 23.9 Å². The first-order chi connectivity index (χ1) is 21.9. The first-order valence-corrected chi connectivity index (χ1v) is 16.9. The second-order valence-electron chi connectivity index (χ2n) is 11.0. The van der Waals surface area contributed by atoms with Crippen LogP contribution in [0.3, 0.4) is 0 Å². The van der Waals surface area contributed by atoms with Gasteiger partial charge in [-0.2, -0.15) is 0 Å². The van der Waals surface area contributed by atoms with Crippen LogP contribution in [-0.2, 0) is 25.5 Å². The zero-order chi connectivity index (χ0) is 32.9. The predicted octanol–water partition coefficient (Wildman–Crippen LogP) is 5.79. The van der Waals surface area contributed by atoms with Crippen molar-refractivity contribution in [3.05, 3.63) is 59.2 Å². The van der Waals surface area contributed by atoms with Gasteiger partial charge in [0.25, 0.3) is 0 Å². The number of ether oxygens (including phenoxy) is 4. The Morgan fingerprint density at radius 2 is 1.44 bits per heavy atom. The Morgan fingerprint density at radius 1 is 0.844 bits per heavy atom. The van der Waals surface area contributed by atoms with Crippen LogP contribution < -0.4 is 0 Å². The molecule has 254 valence electrons. The highest BCUT2D eigenvalue weighted by atomic mass is 16.5. The lowest BCUT2D eigenvalue weighted by Gasteiger charge is -2.33. The lowest BCUT2D eigenvalue weighted by atomic mass is 10.0. The molecular formula is C35H58N4O6. The third-order valence-corrected chi connectivity index (χ3v) is 7.78. The number of carboxylic acids is 1. The fourth-order valence-electron chi connectivity index (χ4n) is 5.48. The fraction of sp³-hybridized carbons (Fsp3) is 0.686. The lowest BCUT2D eigenvalue weighted by molar-refractivity contribution is -0.0860. The second-order valence-corrected chi connectivity index (χ2v) is 11.0. The summed E-state index contributed by atoms with van der Waals surface area (Å²) in [5, 5.41) is 9.34. The minimum Gasteiger partial charge on any atom is -0.477 e. The van der Waals surface area contributed by atoms with Gasteiger partial charge in [0.05, 0.1) is 69.3 Å². The highest BCUT2D eigenvalue weighted by Gasteiger charge is 2.24. The number of pyridine rings is 2. The number of hydrogen-bond acceptors (Lipinski definition) is 9. The van der Waals surface area contributed by atoms with Crippen molar-refractivity contribution in [1.29, 1.82) is 0 Å². The number of aromatic carboxylic acids is 1. The average molecular weight is 631 g/mol. The van der Waals surface area contributed by atoms with Crippen molar-refractivity contribution in [2.45, 2.75) is 92.0 Å². The van der Waals surface area contributed by atoms with Crippen LogP contribution in [0.1, 0.15) is 93.9 Å². The molecule has 1 fully saturated rings. The average Bonchev–Trinajstić information content (AvgIpc) is 3.05. The summed E-state index contributed by atoms with van der Waals surface area (Å²) in [7, 11) is 0. The van der Waals surface area contributed by atoms with Crippen molar-refractivity contribution < 1.29 is 28.8 Å². The Morgan fingerprint density at radius 3 is 2.07 bits per heavy atom. The highest BCUT2D eigenvalue weighted by molar-refractivity contribution is 5.85. The van der Waals surface area contributed by atoms with Gasteiger partial charge in [0.2, 0.25) is 0 Å². The Bertz CT molecular complexity index is 1070. The van der Waals surface area contributed by atoms with Crippen molar-refractivity contribution in [2.24, 2.45) is 0 Å². The highest BCUT2D eigenvalue weighted by Crippen LogP contribution is 2.25. The van der Waals surface area contributed by atoms with E-state index in [1.165, 1.54) is 6.07 Å². The molecule has 0 bridgehead atoms. The van der Waals surface area contributed by atoms with E-state index in [-0.39, 0.29) is 23.9 Å². The molecule has 1 N–H and O–H groups in total. The molecule has 10 nitrogen and oxygen atoms in total. The van der Waals surface area contributed by atoms with Gasteiger partial charge in [0.15, 0.2) is 0 Å². The standard InChI is InChI=1S/C33H52N4O6.C2H6/c1-5-10-30(28-13-8-11-26(4)34-28)37-17-20-41-24-23-40-19-15-36(25-27-12-9-14-29(35-27)33(38)39)16-21-42-31(6-2)32(7-3)43-22-18-37;1-2/h8-9,11-14,30-32H,5-7,10,15-25H2,1-4H3,(H,38,39);1-2H3. The SMILES string of the molecule is CC.CCCC(c1cccc(C)n1)N1CCOCCOCCN(Cc2cccc(C(=O)O)n2)CCOC(CC)C(CC)OCC1. The number of aromatic nitrogens is 2. The first kappa shape index (κ1) is 38.7. The number of hydrogen-bond donors (Lipinski definition) is 1. The molecule has 1 aliphatic heterocycles. The first-order valence-electron chi connectivity index (χ1n) is 16.9. The molecule has 0 amide bonds. The molecule has 0 aromatic carbocycles. The van der Waals surface area contributed by atoms with Gasteiger partial charge < -0.3 is 24.1 Å². The number of nitrogens with zero attached hydrogens (tertiary/aromatic N) is 4. The van der Waals surface area contributed by atoms with Crippen LogP contribution in [0, 0.1) is 6.92 Å².